The molecule has 0 radical (unpaired) electrons. The molecule has 1 aromatic rings. The van der Waals surface area contributed by atoms with Crippen LogP contribution in [0.4, 0.5) is 0 Å². The molecular weight excluding hydrogens is 184 g/mol. The summed E-state index contributed by atoms with van der Waals surface area (Å²) in [6, 6.07) is 1.54. The lowest BCUT2D eigenvalue weighted by atomic mass is 10.2. The van der Waals surface area contributed by atoms with Gasteiger partial charge in [-0.05, 0) is 27.7 Å². The molecule has 5 nitrogen and oxygen atoms in total. The molecular formula is C9H14N2O3. The van der Waals surface area contributed by atoms with Crippen LogP contribution in [-0.4, -0.2) is 16.7 Å². The quantitative estimate of drug-likeness (QED) is 0.730. The second-order valence-electron chi connectivity index (χ2n) is 3.98. The van der Waals surface area contributed by atoms with E-state index in [0.717, 1.165) is 0 Å². The highest BCUT2D eigenvalue weighted by molar-refractivity contribution is 5.90. The third-order valence-electron chi connectivity index (χ3n) is 1.30. The Morgan fingerprint density at radius 1 is 1.57 bits per heavy atom. The minimum Gasteiger partial charge on any atom is -0.351 e. The van der Waals surface area contributed by atoms with Crippen LogP contribution < -0.4 is 5.48 Å². The molecule has 0 unspecified atom stereocenters. The first-order chi connectivity index (χ1) is 6.38. The van der Waals surface area contributed by atoms with Crippen molar-refractivity contribution in [3.05, 3.63) is 17.5 Å². The predicted octanol–water partition coefficient (Wildman–Crippen LogP) is 1.44. The van der Waals surface area contributed by atoms with Gasteiger partial charge in [-0.3, -0.25) is 9.63 Å². The van der Waals surface area contributed by atoms with Gasteiger partial charge in [0.25, 0.3) is 0 Å². The number of carbonyl (C=O) groups excluding carboxylic acids is 1. The van der Waals surface area contributed by atoms with Crippen molar-refractivity contribution < 1.29 is 14.2 Å². The number of hydrogen-bond acceptors (Lipinski definition) is 4. The van der Waals surface area contributed by atoms with Gasteiger partial charge >= 0.3 is 5.91 Å². The second-order valence-corrected chi connectivity index (χ2v) is 3.98. The molecule has 1 heterocycles. The van der Waals surface area contributed by atoms with Gasteiger partial charge in [-0.25, -0.2) is 5.48 Å². The SMILES string of the molecule is Cc1cc(C(=O)NOC(C)(C)C)on1. The van der Waals surface area contributed by atoms with Crippen LogP contribution in [0, 0.1) is 6.92 Å². The van der Waals surface area contributed by atoms with E-state index in [1.807, 2.05) is 20.8 Å². The molecule has 0 spiro atoms. The van der Waals surface area contributed by atoms with E-state index in [1.165, 1.54) is 0 Å². The van der Waals surface area contributed by atoms with Gasteiger partial charge in [0.2, 0.25) is 5.76 Å². The number of nitrogens with zero attached hydrogens (tertiary/aromatic N) is 1. The predicted molar refractivity (Wildman–Crippen MR) is 49.5 cm³/mol. The van der Waals surface area contributed by atoms with Crippen molar-refractivity contribution in [1.29, 1.82) is 0 Å². The minimum atomic E-state index is -0.430. The van der Waals surface area contributed by atoms with Gasteiger partial charge in [0.1, 0.15) is 0 Å². The molecule has 0 aromatic carbocycles. The smallest absolute Gasteiger partial charge is 0.313 e. The molecule has 5 heteroatoms. The van der Waals surface area contributed by atoms with Gasteiger partial charge in [-0.1, -0.05) is 5.16 Å². The van der Waals surface area contributed by atoms with Crippen LogP contribution in [0.15, 0.2) is 10.6 Å². The van der Waals surface area contributed by atoms with Crippen molar-refractivity contribution in [3.63, 3.8) is 0 Å². The molecule has 0 saturated heterocycles. The van der Waals surface area contributed by atoms with Crippen molar-refractivity contribution in [2.45, 2.75) is 33.3 Å². The summed E-state index contributed by atoms with van der Waals surface area (Å²) in [5.41, 5.74) is 2.51. The van der Waals surface area contributed by atoms with E-state index < -0.39 is 11.5 Å². The van der Waals surface area contributed by atoms with Crippen molar-refractivity contribution in [2.24, 2.45) is 0 Å². The van der Waals surface area contributed by atoms with E-state index in [1.54, 1.807) is 13.0 Å². The molecule has 0 bridgehead atoms. The summed E-state index contributed by atoms with van der Waals surface area (Å²) >= 11 is 0. The molecule has 1 aromatic heterocycles. The zero-order valence-corrected chi connectivity index (χ0v) is 8.75. The number of rotatable bonds is 2. The number of aryl methyl sites for hydroxylation is 1. The molecule has 0 aliphatic rings. The molecule has 1 amide bonds. The lowest BCUT2D eigenvalue weighted by molar-refractivity contribution is -0.0600. The van der Waals surface area contributed by atoms with Crippen LogP contribution in [0.1, 0.15) is 37.0 Å². The monoisotopic (exact) mass is 198 g/mol. The molecule has 0 fully saturated rings. The summed E-state index contributed by atoms with van der Waals surface area (Å²) in [6.07, 6.45) is 0. The number of carbonyl (C=O) groups is 1. The van der Waals surface area contributed by atoms with E-state index >= 15 is 0 Å². The zero-order chi connectivity index (χ0) is 10.8. The summed E-state index contributed by atoms with van der Waals surface area (Å²) in [5.74, 6) is -0.285. The largest absolute Gasteiger partial charge is 0.351 e. The average molecular weight is 198 g/mol. The van der Waals surface area contributed by atoms with E-state index in [2.05, 4.69) is 10.6 Å². The van der Waals surface area contributed by atoms with E-state index in [-0.39, 0.29) is 5.76 Å². The van der Waals surface area contributed by atoms with Gasteiger partial charge in [0.15, 0.2) is 0 Å². The Hall–Kier alpha value is -1.36. The fraction of sp³-hybridized carbons (Fsp3) is 0.556. The lowest BCUT2D eigenvalue weighted by Gasteiger charge is -2.18. The van der Waals surface area contributed by atoms with Crippen molar-refractivity contribution >= 4 is 5.91 Å². The van der Waals surface area contributed by atoms with E-state index in [9.17, 15) is 4.79 Å². The summed E-state index contributed by atoms with van der Waals surface area (Å²) in [4.78, 5) is 16.4. The van der Waals surface area contributed by atoms with Gasteiger partial charge in [-0.2, -0.15) is 0 Å². The molecule has 0 saturated carbocycles. The Kier molecular flexibility index (Phi) is 2.90. The standard InChI is InChI=1S/C9H14N2O3/c1-6-5-7(13-10-6)8(12)11-14-9(2,3)4/h5H,1-4H3,(H,11,12). The molecule has 1 N–H and O–H groups in total. The summed E-state index contributed by atoms with van der Waals surface area (Å²) in [6.45, 7) is 7.24. The third kappa shape index (κ3) is 3.18. The van der Waals surface area contributed by atoms with Gasteiger partial charge in [-0.15, -0.1) is 0 Å². The zero-order valence-electron chi connectivity index (χ0n) is 8.75. The number of hydroxylamine groups is 1. The first kappa shape index (κ1) is 10.7. The third-order valence-corrected chi connectivity index (χ3v) is 1.30. The van der Waals surface area contributed by atoms with E-state index in [0.29, 0.717) is 5.69 Å². The maximum absolute atomic E-state index is 11.3. The number of amides is 1. The van der Waals surface area contributed by atoms with Crippen LogP contribution in [-0.2, 0) is 4.84 Å². The molecule has 14 heavy (non-hydrogen) atoms. The summed E-state index contributed by atoms with van der Waals surface area (Å²) in [5, 5.41) is 3.59. The molecule has 0 aliphatic carbocycles. The molecule has 0 aliphatic heterocycles. The van der Waals surface area contributed by atoms with Gasteiger partial charge < -0.3 is 4.52 Å². The maximum atomic E-state index is 11.3. The van der Waals surface area contributed by atoms with Crippen LogP contribution in [0.3, 0.4) is 0 Å². The highest BCUT2D eigenvalue weighted by atomic mass is 16.7. The van der Waals surface area contributed by atoms with Crippen LogP contribution >= 0.6 is 0 Å². The van der Waals surface area contributed by atoms with Crippen LogP contribution in [0.2, 0.25) is 0 Å². The van der Waals surface area contributed by atoms with E-state index in [4.69, 9.17) is 9.36 Å². The lowest BCUT2D eigenvalue weighted by Crippen LogP contribution is -2.33. The Morgan fingerprint density at radius 3 is 2.64 bits per heavy atom. The molecule has 1 rings (SSSR count). The van der Waals surface area contributed by atoms with Crippen molar-refractivity contribution in [1.82, 2.24) is 10.6 Å². The van der Waals surface area contributed by atoms with Crippen LogP contribution in [0.5, 0.6) is 0 Å². The van der Waals surface area contributed by atoms with Gasteiger partial charge in [0.05, 0.1) is 11.3 Å². The first-order valence-corrected chi connectivity index (χ1v) is 4.30. The van der Waals surface area contributed by atoms with Crippen molar-refractivity contribution in [3.8, 4) is 0 Å². The normalized spacial score (nSPS) is 11.4. The summed E-state index contributed by atoms with van der Waals surface area (Å²) < 4.78 is 4.75. The number of nitrogens with one attached hydrogen (secondary N) is 1. The second kappa shape index (κ2) is 3.79. The molecule has 0 atom stereocenters. The number of hydrogen-bond donors (Lipinski definition) is 1. The summed E-state index contributed by atoms with van der Waals surface area (Å²) in [7, 11) is 0. The minimum absolute atomic E-state index is 0.145. The Morgan fingerprint density at radius 2 is 2.21 bits per heavy atom. The highest BCUT2D eigenvalue weighted by Gasteiger charge is 2.16. The Bertz CT molecular complexity index is 325. The fourth-order valence-corrected chi connectivity index (χ4v) is 0.720. The molecule has 78 valence electrons. The maximum Gasteiger partial charge on any atom is 0.313 e. The fourth-order valence-electron chi connectivity index (χ4n) is 0.720. The average Bonchev–Trinajstić information content (AvgIpc) is 2.46. The highest BCUT2D eigenvalue weighted by Crippen LogP contribution is 2.06. The van der Waals surface area contributed by atoms with Gasteiger partial charge in [0, 0.05) is 6.07 Å². The first-order valence-electron chi connectivity index (χ1n) is 4.30. The number of aromatic nitrogens is 1. The van der Waals surface area contributed by atoms with Crippen LogP contribution in [0.25, 0.3) is 0 Å². The topological polar surface area (TPSA) is 64.4 Å². The van der Waals surface area contributed by atoms with Crippen molar-refractivity contribution in [2.75, 3.05) is 0 Å². The Balaban J connectivity index is 2.52. The Labute approximate surface area is 82.4 Å².